The highest BCUT2D eigenvalue weighted by molar-refractivity contribution is 5.69. The average molecular weight is 339 g/mol. The number of aromatic nitrogens is 4. The van der Waals surface area contributed by atoms with Crippen LogP contribution in [-0.4, -0.2) is 37.9 Å². The second-order valence-corrected chi connectivity index (χ2v) is 4.83. The largest absolute Gasteiger partial charge is 0.450 e. The Labute approximate surface area is 139 Å². The van der Waals surface area contributed by atoms with Crippen LogP contribution in [0, 0.1) is 0 Å². The summed E-state index contributed by atoms with van der Waals surface area (Å²) in [7, 11) is 3.28. The molecule has 0 spiro atoms. The van der Waals surface area contributed by atoms with Crippen LogP contribution in [0.15, 0.2) is 15.9 Å². The van der Waals surface area contributed by atoms with Gasteiger partial charge in [-0.05, 0) is 13.3 Å². The molecule has 9 nitrogen and oxygen atoms in total. The Morgan fingerprint density at radius 1 is 1.29 bits per heavy atom. The molecule has 1 amide bonds. The van der Waals surface area contributed by atoms with E-state index in [1.54, 1.807) is 25.6 Å². The molecule has 9 heteroatoms. The van der Waals surface area contributed by atoms with E-state index >= 15 is 0 Å². The second-order valence-electron chi connectivity index (χ2n) is 4.83. The molecule has 0 saturated heterocycles. The van der Waals surface area contributed by atoms with Gasteiger partial charge in [0.25, 0.3) is 5.56 Å². The molecule has 24 heavy (non-hydrogen) atoms. The lowest BCUT2D eigenvalue weighted by Crippen LogP contribution is -2.40. The first-order valence-corrected chi connectivity index (χ1v) is 7.98. The molecule has 0 saturated carbocycles. The quantitative estimate of drug-likeness (QED) is 0.804. The van der Waals surface area contributed by atoms with Gasteiger partial charge in [0.2, 0.25) is 0 Å². The van der Waals surface area contributed by atoms with Gasteiger partial charge >= 0.3 is 11.8 Å². The van der Waals surface area contributed by atoms with Crippen LogP contribution in [0.5, 0.6) is 0 Å². The van der Waals surface area contributed by atoms with E-state index in [0.29, 0.717) is 30.7 Å². The lowest BCUT2D eigenvalue weighted by atomic mass is 10.4. The Kier molecular flexibility index (Phi) is 7.22. The van der Waals surface area contributed by atoms with Crippen molar-refractivity contribution in [3.05, 3.63) is 27.2 Å². The van der Waals surface area contributed by atoms with Crippen molar-refractivity contribution in [2.45, 2.75) is 33.7 Å². The number of fused-ring (bicyclic) bond motifs is 1. The summed E-state index contributed by atoms with van der Waals surface area (Å²) in [4.78, 5) is 39.8. The maximum Gasteiger partial charge on any atom is 0.407 e. The molecular weight excluding hydrogens is 314 g/mol. The second kappa shape index (κ2) is 8.90. The standard InChI is InChI=1S/C13H19N5O4.C2H6/c1-4-22-12(20)14-6-5-7-18-11(19)9-10(15-8-16(9)2)17(3)13(18)21;1-2/h8H,4-7H2,1-3H3,(H,14,20);1-2H3. The Balaban J connectivity index is 0.00000139. The number of alkyl carbamates (subject to hydrolysis) is 1. The van der Waals surface area contributed by atoms with E-state index in [-0.39, 0.29) is 12.1 Å². The third kappa shape index (κ3) is 4.03. The fourth-order valence-electron chi connectivity index (χ4n) is 2.20. The Morgan fingerprint density at radius 3 is 2.58 bits per heavy atom. The lowest BCUT2D eigenvalue weighted by Gasteiger charge is -2.09. The SMILES string of the molecule is CC.CCOC(=O)NCCCn1c(=O)c2c(ncn2C)n(C)c1=O. The molecule has 2 rings (SSSR count). The van der Waals surface area contributed by atoms with Gasteiger partial charge < -0.3 is 14.6 Å². The maximum atomic E-state index is 12.4. The van der Waals surface area contributed by atoms with Gasteiger partial charge in [-0.3, -0.25) is 13.9 Å². The van der Waals surface area contributed by atoms with Gasteiger partial charge in [0.1, 0.15) is 0 Å². The number of nitrogens with one attached hydrogen (secondary N) is 1. The number of hydrogen-bond donors (Lipinski definition) is 1. The van der Waals surface area contributed by atoms with Crippen molar-refractivity contribution in [3.8, 4) is 0 Å². The first-order valence-electron chi connectivity index (χ1n) is 7.98. The zero-order valence-electron chi connectivity index (χ0n) is 14.8. The summed E-state index contributed by atoms with van der Waals surface area (Å²) in [5, 5.41) is 2.55. The van der Waals surface area contributed by atoms with E-state index in [4.69, 9.17) is 4.74 Å². The van der Waals surface area contributed by atoms with E-state index in [1.165, 1.54) is 10.9 Å². The smallest absolute Gasteiger partial charge is 0.407 e. The van der Waals surface area contributed by atoms with Crippen LogP contribution in [0.3, 0.4) is 0 Å². The summed E-state index contributed by atoms with van der Waals surface area (Å²) in [6.07, 6.45) is 1.43. The predicted molar refractivity (Wildman–Crippen MR) is 91.2 cm³/mol. The lowest BCUT2D eigenvalue weighted by molar-refractivity contribution is 0.152. The number of nitrogens with zero attached hydrogens (tertiary/aromatic N) is 4. The van der Waals surface area contributed by atoms with Crippen LogP contribution >= 0.6 is 0 Å². The molecule has 2 heterocycles. The highest BCUT2D eigenvalue weighted by Gasteiger charge is 2.14. The van der Waals surface area contributed by atoms with Crippen LogP contribution in [0.2, 0.25) is 0 Å². The number of amides is 1. The van der Waals surface area contributed by atoms with Crippen molar-refractivity contribution >= 4 is 17.3 Å². The van der Waals surface area contributed by atoms with E-state index in [2.05, 4.69) is 10.3 Å². The summed E-state index contributed by atoms with van der Waals surface area (Å²) in [5.41, 5.74) is -0.0691. The summed E-state index contributed by atoms with van der Waals surface area (Å²) in [6, 6.07) is 0. The maximum absolute atomic E-state index is 12.4. The molecular formula is C15H25N5O4. The molecule has 1 N–H and O–H groups in total. The van der Waals surface area contributed by atoms with E-state index in [9.17, 15) is 14.4 Å². The third-order valence-electron chi connectivity index (χ3n) is 3.30. The predicted octanol–water partition coefficient (Wildman–Crippen LogP) is 0.596. The van der Waals surface area contributed by atoms with Crippen molar-refractivity contribution in [3.63, 3.8) is 0 Å². The highest BCUT2D eigenvalue weighted by Crippen LogP contribution is 2.02. The molecule has 0 aliphatic carbocycles. The number of hydrogen-bond acceptors (Lipinski definition) is 5. The van der Waals surface area contributed by atoms with Crippen molar-refractivity contribution in [1.29, 1.82) is 0 Å². The molecule has 0 fully saturated rings. The van der Waals surface area contributed by atoms with Gasteiger partial charge in [0, 0.05) is 27.2 Å². The van der Waals surface area contributed by atoms with Gasteiger partial charge in [-0.1, -0.05) is 13.8 Å². The van der Waals surface area contributed by atoms with Gasteiger partial charge in [-0.25, -0.2) is 14.6 Å². The number of rotatable bonds is 5. The van der Waals surface area contributed by atoms with Crippen LogP contribution in [-0.2, 0) is 25.4 Å². The van der Waals surface area contributed by atoms with E-state index in [0.717, 1.165) is 4.57 Å². The van der Waals surface area contributed by atoms with Gasteiger partial charge in [-0.15, -0.1) is 0 Å². The highest BCUT2D eigenvalue weighted by atomic mass is 16.5. The van der Waals surface area contributed by atoms with Crippen molar-refractivity contribution in [1.82, 2.24) is 24.0 Å². The molecule has 2 aromatic heterocycles. The summed E-state index contributed by atoms with van der Waals surface area (Å²) < 4.78 is 8.81. The fourth-order valence-corrected chi connectivity index (χ4v) is 2.20. The van der Waals surface area contributed by atoms with E-state index in [1.807, 2.05) is 13.8 Å². The minimum absolute atomic E-state index is 0.207. The summed E-state index contributed by atoms with van der Waals surface area (Å²) in [5.74, 6) is 0. The number of ether oxygens (including phenoxy) is 1. The molecule has 0 aliphatic heterocycles. The van der Waals surface area contributed by atoms with Crippen molar-refractivity contribution < 1.29 is 9.53 Å². The zero-order chi connectivity index (χ0) is 18.3. The molecule has 0 bridgehead atoms. The number of carbonyl (C=O) groups is 1. The van der Waals surface area contributed by atoms with Gasteiger partial charge in [0.05, 0.1) is 12.9 Å². The Bertz CT molecular complexity index is 803. The van der Waals surface area contributed by atoms with Crippen LogP contribution in [0.1, 0.15) is 27.2 Å². The molecule has 0 unspecified atom stereocenters. The van der Waals surface area contributed by atoms with E-state index < -0.39 is 11.8 Å². The van der Waals surface area contributed by atoms with Crippen molar-refractivity contribution in [2.75, 3.05) is 13.2 Å². The molecule has 0 aromatic carbocycles. The average Bonchev–Trinajstić information content (AvgIpc) is 2.96. The Hall–Kier alpha value is -2.58. The van der Waals surface area contributed by atoms with Gasteiger partial charge in [-0.2, -0.15) is 0 Å². The first kappa shape index (κ1) is 19.5. The fraction of sp³-hybridized carbons (Fsp3) is 0.600. The number of aryl methyl sites for hydroxylation is 2. The van der Waals surface area contributed by atoms with Gasteiger partial charge in [0.15, 0.2) is 11.2 Å². The third-order valence-corrected chi connectivity index (χ3v) is 3.30. The minimum atomic E-state index is -0.509. The molecule has 0 atom stereocenters. The Morgan fingerprint density at radius 2 is 1.96 bits per heavy atom. The molecule has 0 aliphatic rings. The summed E-state index contributed by atoms with van der Waals surface area (Å²) >= 11 is 0. The first-order chi connectivity index (χ1) is 11.5. The molecule has 2 aromatic rings. The van der Waals surface area contributed by atoms with Crippen LogP contribution in [0.25, 0.3) is 11.2 Å². The zero-order valence-corrected chi connectivity index (χ0v) is 14.8. The minimum Gasteiger partial charge on any atom is -0.450 e. The van der Waals surface area contributed by atoms with Crippen molar-refractivity contribution in [2.24, 2.45) is 14.1 Å². The summed E-state index contributed by atoms with van der Waals surface area (Å²) in [6.45, 7) is 6.53. The number of carbonyl (C=O) groups excluding carboxylic acids is 1. The normalized spacial score (nSPS) is 10.2. The molecule has 134 valence electrons. The van der Waals surface area contributed by atoms with Crippen LogP contribution in [0.4, 0.5) is 4.79 Å². The number of imidazole rings is 1. The topological polar surface area (TPSA) is 100 Å². The van der Waals surface area contributed by atoms with Crippen LogP contribution < -0.4 is 16.6 Å². The molecule has 0 radical (unpaired) electrons. The monoisotopic (exact) mass is 339 g/mol.